The van der Waals surface area contributed by atoms with Gasteiger partial charge in [0.05, 0.1) is 18.2 Å². The molecule has 3 rings (SSSR count). The molecule has 1 atom stereocenters. The molecule has 1 amide bonds. The van der Waals surface area contributed by atoms with Crippen LogP contribution in [0, 0.1) is 0 Å². The first-order chi connectivity index (χ1) is 12.4. The van der Waals surface area contributed by atoms with Gasteiger partial charge in [-0.3, -0.25) is 4.90 Å². The number of nitrogens with zero attached hydrogens (tertiary/aromatic N) is 3. The van der Waals surface area contributed by atoms with Crippen LogP contribution in [0.25, 0.3) is 11.4 Å². The van der Waals surface area contributed by atoms with E-state index in [0.717, 1.165) is 24.2 Å². The molecule has 0 bridgehead atoms. The lowest BCUT2D eigenvalue weighted by atomic mass is 10.2. The highest BCUT2D eigenvalue weighted by Crippen LogP contribution is 2.33. The molecule has 0 saturated carbocycles. The average molecular weight is 358 g/mol. The summed E-state index contributed by atoms with van der Waals surface area (Å²) in [5, 5.41) is 8.57. The summed E-state index contributed by atoms with van der Waals surface area (Å²) in [6.07, 6.45) is 1.43. The Bertz CT molecular complexity index is 766. The zero-order chi connectivity index (χ0) is 18.7. The van der Waals surface area contributed by atoms with Crippen molar-refractivity contribution < 1.29 is 14.3 Å². The summed E-state index contributed by atoms with van der Waals surface area (Å²) in [6.45, 7) is 8.78. The maximum atomic E-state index is 12.5. The number of H-pyrrole nitrogens is 1. The van der Waals surface area contributed by atoms with Crippen molar-refractivity contribution in [1.82, 2.24) is 20.1 Å². The number of para-hydroxylation sites is 1. The number of aromatic amines is 1. The van der Waals surface area contributed by atoms with E-state index in [1.165, 1.54) is 0 Å². The monoisotopic (exact) mass is 358 g/mol. The van der Waals surface area contributed by atoms with E-state index in [1.807, 2.05) is 52.0 Å². The van der Waals surface area contributed by atoms with Crippen molar-refractivity contribution in [2.75, 3.05) is 13.2 Å². The van der Waals surface area contributed by atoms with E-state index >= 15 is 0 Å². The molecular formula is C19H26N4O3. The summed E-state index contributed by atoms with van der Waals surface area (Å²) in [5.41, 5.74) is 0.336. The molecule has 1 aliphatic heterocycles. The van der Waals surface area contributed by atoms with Crippen LogP contribution >= 0.6 is 0 Å². The van der Waals surface area contributed by atoms with E-state index < -0.39 is 5.60 Å². The first-order valence-electron chi connectivity index (χ1n) is 9.03. The first kappa shape index (κ1) is 18.2. The third-order valence-electron chi connectivity index (χ3n) is 4.14. The SMILES string of the molecule is CCOc1ccccc1-c1nnc(C2CCCN2C(=O)OC(C)(C)C)[nH]1. The van der Waals surface area contributed by atoms with Crippen molar-refractivity contribution in [2.24, 2.45) is 0 Å². The summed E-state index contributed by atoms with van der Waals surface area (Å²) in [5.74, 6) is 2.07. The van der Waals surface area contributed by atoms with Gasteiger partial charge in [-0.15, -0.1) is 10.2 Å². The maximum absolute atomic E-state index is 12.5. The second-order valence-electron chi connectivity index (χ2n) is 7.32. The number of benzene rings is 1. The largest absolute Gasteiger partial charge is 0.493 e. The third-order valence-corrected chi connectivity index (χ3v) is 4.14. The van der Waals surface area contributed by atoms with Gasteiger partial charge in [0, 0.05) is 6.54 Å². The molecule has 2 heterocycles. The number of carbonyl (C=O) groups excluding carboxylic acids is 1. The molecule has 0 aliphatic carbocycles. The van der Waals surface area contributed by atoms with E-state index in [1.54, 1.807) is 4.90 Å². The maximum Gasteiger partial charge on any atom is 0.410 e. The summed E-state index contributed by atoms with van der Waals surface area (Å²) in [4.78, 5) is 17.5. The van der Waals surface area contributed by atoms with Gasteiger partial charge in [0.25, 0.3) is 0 Å². The number of nitrogens with one attached hydrogen (secondary N) is 1. The van der Waals surface area contributed by atoms with Crippen LogP contribution in [0.4, 0.5) is 4.79 Å². The van der Waals surface area contributed by atoms with Crippen LogP contribution in [0.3, 0.4) is 0 Å². The molecule has 7 nitrogen and oxygen atoms in total. The van der Waals surface area contributed by atoms with Crippen molar-refractivity contribution in [1.29, 1.82) is 0 Å². The Morgan fingerprint density at radius 2 is 2.08 bits per heavy atom. The number of rotatable bonds is 4. The van der Waals surface area contributed by atoms with Crippen LogP contribution in [-0.2, 0) is 4.74 Å². The Morgan fingerprint density at radius 1 is 1.31 bits per heavy atom. The van der Waals surface area contributed by atoms with Crippen molar-refractivity contribution >= 4 is 6.09 Å². The van der Waals surface area contributed by atoms with Crippen LogP contribution in [0.15, 0.2) is 24.3 Å². The van der Waals surface area contributed by atoms with E-state index in [2.05, 4.69) is 15.2 Å². The first-order valence-corrected chi connectivity index (χ1v) is 9.03. The van der Waals surface area contributed by atoms with Crippen LogP contribution in [0.5, 0.6) is 5.75 Å². The molecule has 1 saturated heterocycles. The van der Waals surface area contributed by atoms with Gasteiger partial charge in [-0.25, -0.2) is 4.79 Å². The summed E-state index contributed by atoms with van der Waals surface area (Å²) >= 11 is 0. The topological polar surface area (TPSA) is 80.3 Å². The molecule has 1 aromatic carbocycles. The van der Waals surface area contributed by atoms with Gasteiger partial charge in [0.1, 0.15) is 11.4 Å². The predicted octanol–water partition coefficient (Wildman–Crippen LogP) is 3.94. The molecule has 1 unspecified atom stereocenters. The summed E-state index contributed by atoms with van der Waals surface area (Å²) < 4.78 is 11.2. The molecule has 1 aromatic heterocycles. The third kappa shape index (κ3) is 3.98. The molecular weight excluding hydrogens is 332 g/mol. The molecule has 26 heavy (non-hydrogen) atoms. The number of aromatic nitrogens is 3. The number of carbonyl (C=O) groups is 1. The smallest absolute Gasteiger partial charge is 0.410 e. The Hall–Kier alpha value is -2.57. The van der Waals surface area contributed by atoms with Crippen LogP contribution in [-0.4, -0.2) is 44.9 Å². The molecule has 0 radical (unpaired) electrons. The number of ether oxygens (including phenoxy) is 2. The van der Waals surface area contributed by atoms with Gasteiger partial charge < -0.3 is 14.5 Å². The highest BCUT2D eigenvalue weighted by Gasteiger charge is 2.35. The Balaban J connectivity index is 1.82. The molecule has 0 spiro atoms. The Labute approximate surface area is 153 Å². The Morgan fingerprint density at radius 3 is 2.81 bits per heavy atom. The second-order valence-corrected chi connectivity index (χ2v) is 7.32. The standard InChI is InChI=1S/C19H26N4O3/c1-5-25-15-11-7-6-9-13(15)16-20-17(22-21-16)14-10-8-12-23(14)18(24)26-19(2,3)4/h6-7,9,11,14H,5,8,10,12H2,1-4H3,(H,20,21,22). The lowest BCUT2D eigenvalue weighted by Gasteiger charge is -2.27. The van der Waals surface area contributed by atoms with Gasteiger partial charge in [-0.05, 0) is 52.7 Å². The fourth-order valence-corrected chi connectivity index (χ4v) is 3.08. The minimum Gasteiger partial charge on any atom is -0.493 e. The van der Waals surface area contributed by atoms with Crippen molar-refractivity contribution in [3.8, 4) is 17.1 Å². The minimum absolute atomic E-state index is 0.148. The highest BCUT2D eigenvalue weighted by atomic mass is 16.6. The molecule has 1 aliphatic rings. The molecule has 7 heteroatoms. The fraction of sp³-hybridized carbons (Fsp3) is 0.526. The Kier molecular flexibility index (Phi) is 5.15. The van der Waals surface area contributed by atoms with Crippen LogP contribution < -0.4 is 4.74 Å². The fourth-order valence-electron chi connectivity index (χ4n) is 3.08. The summed E-state index contributed by atoms with van der Waals surface area (Å²) in [6, 6.07) is 7.56. The van der Waals surface area contributed by atoms with Gasteiger partial charge in [0.15, 0.2) is 11.6 Å². The van der Waals surface area contributed by atoms with Crippen LogP contribution in [0.1, 0.15) is 52.4 Å². The van der Waals surface area contributed by atoms with Crippen molar-refractivity contribution in [2.45, 2.75) is 52.2 Å². The predicted molar refractivity (Wildman–Crippen MR) is 97.9 cm³/mol. The zero-order valence-corrected chi connectivity index (χ0v) is 15.8. The number of hydrogen-bond donors (Lipinski definition) is 1. The van der Waals surface area contributed by atoms with E-state index in [4.69, 9.17) is 9.47 Å². The lowest BCUT2D eigenvalue weighted by molar-refractivity contribution is 0.0218. The summed E-state index contributed by atoms with van der Waals surface area (Å²) in [7, 11) is 0. The van der Waals surface area contributed by atoms with Crippen LogP contribution in [0.2, 0.25) is 0 Å². The second kappa shape index (κ2) is 7.35. The number of likely N-dealkylation sites (tertiary alicyclic amines) is 1. The normalized spacial score (nSPS) is 17.4. The number of hydrogen-bond acceptors (Lipinski definition) is 5. The van der Waals surface area contributed by atoms with Crippen molar-refractivity contribution in [3.05, 3.63) is 30.1 Å². The van der Waals surface area contributed by atoms with Gasteiger partial charge in [-0.2, -0.15) is 0 Å². The van der Waals surface area contributed by atoms with Gasteiger partial charge in [0.2, 0.25) is 0 Å². The minimum atomic E-state index is -0.521. The molecule has 2 aromatic rings. The average Bonchev–Trinajstić information content (AvgIpc) is 3.23. The molecule has 140 valence electrons. The van der Waals surface area contributed by atoms with E-state index in [0.29, 0.717) is 24.8 Å². The van der Waals surface area contributed by atoms with Gasteiger partial charge in [-0.1, -0.05) is 12.1 Å². The van der Waals surface area contributed by atoms with E-state index in [9.17, 15) is 4.79 Å². The lowest BCUT2D eigenvalue weighted by Crippen LogP contribution is -2.36. The quantitative estimate of drug-likeness (QED) is 0.895. The zero-order valence-electron chi connectivity index (χ0n) is 15.8. The van der Waals surface area contributed by atoms with Crippen molar-refractivity contribution in [3.63, 3.8) is 0 Å². The number of amides is 1. The van der Waals surface area contributed by atoms with E-state index in [-0.39, 0.29) is 12.1 Å². The molecule has 1 N–H and O–H groups in total. The molecule has 1 fully saturated rings. The van der Waals surface area contributed by atoms with Gasteiger partial charge >= 0.3 is 6.09 Å². The highest BCUT2D eigenvalue weighted by molar-refractivity contribution is 5.69.